The van der Waals surface area contributed by atoms with Crippen LogP contribution >= 0.6 is 0 Å². The maximum atomic E-state index is 12.8. The summed E-state index contributed by atoms with van der Waals surface area (Å²) in [5.41, 5.74) is 3.61. The fourth-order valence-corrected chi connectivity index (χ4v) is 3.57. The number of fused-ring (bicyclic) bond motifs is 1. The number of ether oxygens (including phenoxy) is 2. The predicted molar refractivity (Wildman–Crippen MR) is 103 cm³/mol. The van der Waals surface area contributed by atoms with E-state index in [9.17, 15) is 4.79 Å². The molecule has 0 fully saturated rings. The average Bonchev–Trinajstić information content (AvgIpc) is 2.68. The highest BCUT2D eigenvalue weighted by molar-refractivity contribution is 5.80. The topological polar surface area (TPSA) is 38.8 Å². The molecule has 26 heavy (non-hydrogen) atoms. The largest absolute Gasteiger partial charge is 0.496 e. The van der Waals surface area contributed by atoms with Gasteiger partial charge in [-0.1, -0.05) is 30.3 Å². The Hall–Kier alpha value is -2.49. The summed E-state index contributed by atoms with van der Waals surface area (Å²) < 4.78 is 11.4. The minimum atomic E-state index is -0.525. The van der Waals surface area contributed by atoms with Crippen LogP contribution in [0, 0.1) is 0 Å². The molecular formula is C22H27NO3. The standard InChI is InChI=1S/C22H27NO3/c1-16(26-21-14-8-11-17-9-4-6-12-19(17)21)22(24)23(2)15-18-10-5-7-13-20(18)25-3/h5,7-8,10-11,13-14,16H,4,6,9,12,15H2,1-3H3/t16-/m0/s1. The van der Waals surface area contributed by atoms with Crippen LogP contribution < -0.4 is 9.47 Å². The zero-order valence-electron chi connectivity index (χ0n) is 15.8. The number of para-hydroxylation sites is 1. The summed E-state index contributed by atoms with van der Waals surface area (Å²) in [7, 11) is 3.44. The summed E-state index contributed by atoms with van der Waals surface area (Å²) in [6, 6.07) is 13.9. The Morgan fingerprint density at radius 1 is 1.08 bits per heavy atom. The Bertz CT molecular complexity index is 772. The van der Waals surface area contributed by atoms with Crippen LogP contribution in [0.3, 0.4) is 0 Å². The van der Waals surface area contributed by atoms with Gasteiger partial charge in [0.15, 0.2) is 6.10 Å². The first-order chi connectivity index (χ1) is 12.6. The van der Waals surface area contributed by atoms with E-state index in [1.54, 1.807) is 19.1 Å². The van der Waals surface area contributed by atoms with Crippen LogP contribution in [-0.2, 0) is 24.2 Å². The molecule has 1 atom stereocenters. The minimum absolute atomic E-state index is 0.0377. The van der Waals surface area contributed by atoms with Gasteiger partial charge in [0.1, 0.15) is 11.5 Å². The van der Waals surface area contributed by atoms with Crippen molar-refractivity contribution in [2.45, 2.75) is 45.3 Å². The van der Waals surface area contributed by atoms with Gasteiger partial charge < -0.3 is 14.4 Å². The molecule has 3 rings (SSSR count). The molecule has 1 aliphatic carbocycles. The first kappa shape index (κ1) is 18.3. The molecule has 0 saturated carbocycles. The molecule has 138 valence electrons. The third-order valence-electron chi connectivity index (χ3n) is 4.98. The normalized spacial score (nSPS) is 14.3. The van der Waals surface area contributed by atoms with E-state index in [0.29, 0.717) is 6.54 Å². The van der Waals surface area contributed by atoms with Crippen molar-refractivity contribution in [3.8, 4) is 11.5 Å². The molecule has 2 aromatic rings. The summed E-state index contributed by atoms with van der Waals surface area (Å²) in [5.74, 6) is 1.61. The lowest BCUT2D eigenvalue weighted by molar-refractivity contribution is -0.137. The number of benzene rings is 2. The quantitative estimate of drug-likeness (QED) is 0.788. The Morgan fingerprint density at radius 3 is 2.62 bits per heavy atom. The number of rotatable bonds is 6. The van der Waals surface area contributed by atoms with Crippen molar-refractivity contribution in [3.63, 3.8) is 0 Å². The molecule has 1 amide bonds. The second-order valence-corrected chi connectivity index (χ2v) is 6.87. The van der Waals surface area contributed by atoms with E-state index in [0.717, 1.165) is 29.9 Å². The monoisotopic (exact) mass is 353 g/mol. The van der Waals surface area contributed by atoms with Gasteiger partial charge in [-0.15, -0.1) is 0 Å². The van der Waals surface area contributed by atoms with Crippen LogP contribution in [0.25, 0.3) is 0 Å². The molecule has 0 N–H and O–H groups in total. The Kier molecular flexibility index (Phi) is 5.82. The van der Waals surface area contributed by atoms with Crippen molar-refractivity contribution in [1.82, 2.24) is 4.90 Å². The van der Waals surface area contributed by atoms with E-state index in [1.807, 2.05) is 43.3 Å². The van der Waals surface area contributed by atoms with E-state index in [2.05, 4.69) is 6.07 Å². The van der Waals surface area contributed by atoms with Gasteiger partial charge in [0.25, 0.3) is 5.91 Å². The molecule has 0 aromatic heterocycles. The summed E-state index contributed by atoms with van der Waals surface area (Å²) in [5, 5.41) is 0. The van der Waals surface area contributed by atoms with Gasteiger partial charge >= 0.3 is 0 Å². The van der Waals surface area contributed by atoms with Gasteiger partial charge in [-0.3, -0.25) is 4.79 Å². The number of hydrogen-bond acceptors (Lipinski definition) is 3. The lowest BCUT2D eigenvalue weighted by Crippen LogP contribution is -2.37. The number of carbonyl (C=O) groups is 1. The highest BCUT2D eigenvalue weighted by Crippen LogP contribution is 2.30. The molecule has 1 aliphatic rings. The Morgan fingerprint density at radius 2 is 1.81 bits per heavy atom. The highest BCUT2D eigenvalue weighted by atomic mass is 16.5. The van der Waals surface area contributed by atoms with E-state index in [-0.39, 0.29) is 5.91 Å². The molecule has 0 aliphatic heterocycles. The third-order valence-corrected chi connectivity index (χ3v) is 4.98. The zero-order chi connectivity index (χ0) is 18.5. The fraction of sp³-hybridized carbons (Fsp3) is 0.409. The van der Waals surface area contributed by atoms with Gasteiger partial charge in [-0.2, -0.15) is 0 Å². The summed E-state index contributed by atoms with van der Waals surface area (Å²) in [6.07, 6.45) is 4.02. The van der Waals surface area contributed by atoms with E-state index in [1.165, 1.54) is 24.0 Å². The molecule has 2 aromatic carbocycles. The van der Waals surface area contributed by atoms with Crippen molar-refractivity contribution >= 4 is 5.91 Å². The number of likely N-dealkylation sites (N-methyl/N-ethyl adjacent to an activating group) is 1. The molecule has 0 radical (unpaired) electrons. The van der Waals surface area contributed by atoms with E-state index >= 15 is 0 Å². The predicted octanol–water partition coefficient (Wildman–Crippen LogP) is 4.00. The van der Waals surface area contributed by atoms with Crippen LogP contribution in [0.5, 0.6) is 11.5 Å². The van der Waals surface area contributed by atoms with Crippen molar-refractivity contribution in [2.24, 2.45) is 0 Å². The van der Waals surface area contributed by atoms with Gasteiger partial charge in [0.05, 0.1) is 7.11 Å². The van der Waals surface area contributed by atoms with Crippen LogP contribution in [0.4, 0.5) is 0 Å². The molecule has 4 heteroatoms. The number of amides is 1. The molecule has 0 unspecified atom stereocenters. The zero-order valence-corrected chi connectivity index (χ0v) is 15.8. The van der Waals surface area contributed by atoms with Crippen LogP contribution in [0.15, 0.2) is 42.5 Å². The lowest BCUT2D eigenvalue weighted by atomic mass is 9.91. The van der Waals surface area contributed by atoms with Crippen molar-refractivity contribution in [1.29, 1.82) is 0 Å². The Balaban J connectivity index is 1.68. The third kappa shape index (κ3) is 4.01. The van der Waals surface area contributed by atoms with Crippen LogP contribution in [0.1, 0.15) is 36.5 Å². The maximum Gasteiger partial charge on any atom is 0.263 e. The molecule has 0 heterocycles. The second-order valence-electron chi connectivity index (χ2n) is 6.87. The van der Waals surface area contributed by atoms with E-state index in [4.69, 9.17) is 9.47 Å². The van der Waals surface area contributed by atoms with E-state index < -0.39 is 6.10 Å². The number of aryl methyl sites for hydroxylation is 1. The molecule has 0 saturated heterocycles. The first-order valence-corrected chi connectivity index (χ1v) is 9.24. The molecule has 0 bridgehead atoms. The van der Waals surface area contributed by atoms with Crippen molar-refractivity contribution in [3.05, 3.63) is 59.2 Å². The Labute approximate surface area is 155 Å². The highest BCUT2D eigenvalue weighted by Gasteiger charge is 2.22. The van der Waals surface area contributed by atoms with Gasteiger partial charge in [0, 0.05) is 19.2 Å². The second kappa shape index (κ2) is 8.26. The summed E-state index contributed by atoms with van der Waals surface area (Å²) >= 11 is 0. The summed E-state index contributed by atoms with van der Waals surface area (Å²) in [4.78, 5) is 14.5. The number of nitrogens with zero attached hydrogens (tertiary/aromatic N) is 1. The van der Waals surface area contributed by atoms with Gasteiger partial charge in [-0.05, 0) is 55.9 Å². The number of methoxy groups -OCH3 is 1. The number of carbonyl (C=O) groups excluding carboxylic acids is 1. The SMILES string of the molecule is COc1ccccc1CN(C)C(=O)[C@H](C)Oc1cccc2c1CCCC2. The smallest absolute Gasteiger partial charge is 0.263 e. The van der Waals surface area contributed by atoms with Gasteiger partial charge in [-0.25, -0.2) is 0 Å². The molecular weight excluding hydrogens is 326 g/mol. The van der Waals surface area contributed by atoms with Crippen LogP contribution in [0.2, 0.25) is 0 Å². The summed E-state index contributed by atoms with van der Waals surface area (Å²) in [6.45, 7) is 2.31. The maximum absolute atomic E-state index is 12.8. The fourth-order valence-electron chi connectivity index (χ4n) is 3.57. The lowest BCUT2D eigenvalue weighted by Gasteiger charge is -2.25. The average molecular weight is 353 g/mol. The molecule has 0 spiro atoms. The number of hydrogen-bond donors (Lipinski definition) is 0. The van der Waals surface area contributed by atoms with Crippen LogP contribution in [-0.4, -0.2) is 31.1 Å². The van der Waals surface area contributed by atoms with Crippen molar-refractivity contribution in [2.75, 3.05) is 14.2 Å². The van der Waals surface area contributed by atoms with Crippen molar-refractivity contribution < 1.29 is 14.3 Å². The first-order valence-electron chi connectivity index (χ1n) is 9.24. The molecule has 4 nitrogen and oxygen atoms in total. The minimum Gasteiger partial charge on any atom is -0.496 e. The van der Waals surface area contributed by atoms with Gasteiger partial charge in [0.2, 0.25) is 0 Å².